The molecule has 1 aromatic heterocycles. The first-order valence-electron chi connectivity index (χ1n) is 11.5. The number of fused-ring (bicyclic) bond motifs is 1. The normalized spacial score (nSPS) is 14.8. The van der Waals surface area contributed by atoms with E-state index in [1.807, 2.05) is 23.1 Å². The zero-order valence-electron chi connectivity index (χ0n) is 19.2. The second-order valence-corrected chi connectivity index (χ2v) is 9.75. The van der Waals surface area contributed by atoms with Crippen LogP contribution in [0.3, 0.4) is 0 Å². The molecule has 0 unspecified atom stereocenters. The summed E-state index contributed by atoms with van der Waals surface area (Å²) in [5.41, 5.74) is 8.98. The molecule has 1 amide bonds. The van der Waals surface area contributed by atoms with Crippen LogP contribution in [0.4, 0.5) is 10.1 Å². The van der Waals surface area contributed by atoms with E-state index in [1.54, 1.807) is 24.9 Å². The molecule has 1 aliphatic heterocycles. The quantitative estimate of drug-likeness (QED) is 0.380. The van der Waals surface area contributed by atoms with Gasteiger partial charge in [0.25, 0.3) is 5.91 Å². The van der Waals surface area contributed by atoms with Crippen molar-refractivity contribution in [3.05, 3.63) is 53.6 Å². The van der Waals surface area contributed by atoms with Gasteiger partial charge < -0.3 is 19.9 Å². The largest absolute Gasteiger partial charge is 0.399 e. The van der Waals surface area contributed by atoms with Gasteiger partial charge in [-0.15, -0.1) is 11.8 Å². The van der Waals surface area contributed by atoms with Gasteiger partial charge in [0.15, 0.2) is 0 Å². The Bertz CT molecular complexity index is 1110. The Balaban J connectivity index is 1.52. The first kappa shape index (κ1) is 23.6. The van der Waals surface area contributed by atoms with Crippen LogP contribution in [0, 0.1) is 5.82 Å². The predicted octanol–water partition coefficient (Wildman–Crippen LogP) is 4.75. The van der Waals surface area contributed by atoms with Gasteiger partial charge in [0.05, 0.1) is 16.6 Å². The lowest BCUT2D eigenvalue weighted by atomic mass is 10.1. The van der Waals surface area contributed by atoms with Crippen molar-refractivity contribution in [3.8, 4) is 0 Å². The van der Waals surface area contributed by atoms with Crippen LogP contribution in [0.15, 0.2) is 41.3 Å². The molecule has 3 aromatic rings. The zero-order chi connectivity index (χ0) is 23.4. The number of benzene rings is 2. The Labute approximate surface area is 198 Å². The number of rotatable bonds is 8. The number of ether oxygens (including phenoxy) is 1. The molecule has 2 heterocycles. The van der Waals surface area contributed by atoms with Crippen molar-refractivity contribution in [3.63, 3.8) is 0 Å². The molecule has 6 nitrogen and oxygen atoms in total. The Kier molecular flexibility index (Phi) is 7.55. The van der Waals surface area contributed by atoms with E-state index in [0.29, 0.717) is 36.2 Å². The molecule has 2 aromatic carbocycles. The number of hydrogen-bond acceptors (Lipinski definition) is 5. The van der Waals surface area contributed by atoms with Crippen LogP contribution >= 0.6 is 11.8 Å². The molecule has 1 fully saturated rings. The van der Waals surface area contributed by atoms with Crippen LogP contribution in [0.2, 0.25) is 0 Å². The standard InChI is InChI=1S/C25H31FN4O2S/c1-3-23-28-22-16-18(27)15-21(24(22)30(23)11-4-14-32-2)25(31)29-12-9-20(10-13-29)33-19-7-5-17(26)6-8-19/h5-8,15-16,20H,3-4,9-14,27H2,1-2H3. The number of carbonyl (C=O) groups is 1. The maximum absolute atomic E-state index is 13.6. The number of likely N-dealkylation sites (tertiary alicyclic amines) is 1. The van der Waals surface area contributed by atoms with Crippen molar-refractivity contribution in [1.82, 2.24) is 14.5 Å². The lowest BCUT2D eigenvalue weighted by molar-refractivity contribution is 0.0729. The summed E-state index contributed by atoms with van der Waals surface area (Å²) in [7, 11) is 1.69. The fourth-order valence-electron chi connectivity index (χ4n) is 4.43. The van der Waals surface area contributed by atoms with Crippen molar-refractivity contribution in [2.75, 3.05) is 32.5 Å². The van der Waals surface area contributed by atoms with Crippen molar-refractivity contribution < 1.29 is 13.9 Å². The summed E-state index contributed by atoms with van der Waals surface area (Å²) < 4.78 is 20.5. The highest BCUT2D eigenvalue weighted by molar-refractivity contribution is 8.00. The van der Waals surface area contributed by atoms with Crippen LogP contribution in [0.5, 0.6) is 0 Å². The monoisotopic (exact) mass is 470 g/mol. The first-order chi connectivity index (χ1) is 16.0. The highest BCUT2D eigenvalue weighted by Crippen LogP contribution is 2.32. The number of carbonyl (C=O) groups excluding carboxylic acids is 1. The number of hydrogen-bond donors (Lipinski definition) is 1. The smallest absolute Gasteiger partial charge is 0.256 e. The molecule has 0 bridgehead atoms. The Hall–Kier alpha value is -2.58. The lowest BCUT2D eigenvalue weighted by Gasteiger charge is -2.32. The average molecular weight is 471 g/mol. The van der Waals surface area contributed by atoms with E-state index >= 15 is 0 Å². The van der Waals surface area contributed by atoms with E-state index in [0.717, 1.165) is 54.0 Å². The summed E-state index contributed by atoms with van der Waals surface area (Å²) >= 11 is 1.76. The van der Waals surface area contributed by atoms with Gasteiger partial charge >= 0.3 is 0 Å². The van der Waals surface area contributed by atoms with Gasteiger partial charge in [-0.1, -0.05) is 6.92 Å². The molecule has 1 saturated heterocycles. The maximum Gasteiger partial charge on any atom is 0.256 e. The van der Waals surface area contributed by atoms with Gasteiger partial charge in [-0.25, -0.2) is 9.37 Å². The summed E-state index contributed by atoms with van der Waals surface area (Å²) in [6, 6.07) is 10.3. The van der Waals surface area contributed by atoms with Crippen molar-refractivity contribution >= 4 is 34.4 Å². The van der Waals surface area contributed by atoms with E-state index in [4.69, 9.17) is 15.5 Å². The van der Waals surface area contributed by atoms with Crippen LogP contribution < -0.4 is 5.73 Å². The Morgan fingerprint density at radius 3 is 2.64 bits per heavy atom. The summed E-state index contributed by atoms with van der Waals surface area (Å²) in [4.78, 5) is 21.4. The number of methoxy groups -OCH3 is 1. The molecule has 0 radical (unpaired) electrons. The Morgan fingerprint density at radius 2 is 1.97 bits per heavy atom. The number of aryl methyl sites for hydroxylation is 2. The molecule has 2 N–H and O–H groups in total. The molecule has 0 aliphatic carbocycles. The number of aromatic nitrogens is 2. The third-order valence-electron chi connectivity index (χ3n) is 6.07. The topological polar surface area (TPSA) is 73.4 Å². The van der Waals surface area contributed by atoms with Crippen LogP contribution in [0.1, 0.15) is 42.4 Å². The highest BCUT2D eigenvalue weighted by atomic mass is 32.2. The second-order valence-electron chi connectivity index (χ2n) is 8.38. The van der Waals surface area contributed by atoms with Gasteiger partial charge in [-0.3, -0.25) is 4.79 Å². The van der Waals surface area contributed by atoms with Crippen molar-refractivity contribution in [2.45, 2.75) is 49.3 Å². The maximum atomic E-state index is 13.6. The third kappa shape index (κ3) is 5.33. The number of amides is 1. The summed E-state index contributed by atoms with van der Waals surface area (Å²) in [5.74, 6) is 0.740. The number of piperidine rings is 1. The minimum Gasteiger partial charge on any atom is -0.399 e. The minimum atomic E-state index is -0.221. The van der Waals surface area contributed by atoms with E-state index in [9.17, 15) is 9.18 Å². The van der Waals surface area contributed by atoms with Crippen LogP contribution in [0.25, 0.3) is 11.0 Å². The molecular weight excluding hydrogens is 439 g/mol. The summed E-state index contributed by atoms with van der Waals surface area (Å²) in [6.07, 6.45) is 3.42. The molecule has 0 spiro atoms. The zero-order valence-corrected chi connectivity index (χ0v) is 20.0. The predicted molar refractivity (Wildman–Crippen MR) is 131 cm³/mol. The van der Waals surface area contributed by atoms with Gasteiger partial charge in [-0.05, 0) is 55.7 Å². The second kappa shape index (κ2) is 10.6. The molecule has 8 heteroatoms. The number of halogens is 1. The van der Waals surface area contributed by atoms with Gasteiger partial charge in [0.2, 0.25) is 0 Å². The molecule has 33 heavy (non-hydrogen) atoms. The number of anilines is 1. The first-order valence-corrected chi connectivity index (χ1v) is 12.4. The highest BCUT2D eigenvalue weighted by Gasteiger charge is 2.27. The molecule has 1 aliphatic rings. The molecule has 4 rings (SSSR count). The van der Waals surface area contributed by atoms with E-state index in [2.05, 4.69) is 11.5 Å². The number of imidazole rings is 1. The number of nitrogen functional groups attached to an aromatic ring is 1. The molecule has 176 valence electrons. The van der Waals surface area contributed by atoms with Gasteiger partial charge in [0.1, 0.15) is 11.6 Å². The fraction of sp³-hybridized carbons (Fsp3) is 0.440. The molecule has 0 atom stereocenters. The fourth-order valence-corrected chi connectivity index (χ4v) is 5.56. The van der Waals surface area contributed by atoms with Gasteiger partial charge in [-0.2, -0.15) is 0 Å². The lowest BCUT2D eigenvalue weighted by Crippen LogP contribution is -2.39. The summed E-state index contributed by atoms with van der Waals surface area (Å²) in [5, 5.41) is 0.409. The number of nitrogens with two attached hydrogens (primary N) is 1. The van der Waals surface area contributed by atoms with Crippen LogP contribution in [-0.4, -0.2) is 52.4 Å². The molecule has 0 saturated carbocycles. The minimum absolute atomic E-state index is 0.00748. The summed E-state index contributed by atoms with van der Waals surface area (Å²) in [6.45, 7) is 4.84. The third-order valence-corrected chi connectivity index (χ3v) is 7.41. The SMILES string of the molecule is CCc1nc2cc(N)cc(C(=O)N3CCC(Sc4ccc(F)cc4)CC3)c2n1CCCOC. The number of nitrogens with zero attached hydrogens (tertiary/aromatic N) is 3. The number of thioether (sulfide) groups is 1. The van der Waals surface area contributed by atoms with E-state index in [1.165, 1.54) is 12.1 Å². The van der Waals surface area contributed by atoms with Crippen LogP contribution in [-0.2, 0) is 17.7 Å². The van der Waals surface area contributed by atoms with Crippen molar-refractivity contribution in [1.29, 1.82) is 0 Å². The van der Waals surface area contributed by atoms with Gasteiger partial charge in [0, 0.05) is 55.6 Å². The van der Waals surface area contributed by atoms with E-state index < -0.39 is 0 Å². The van der Waals surface area contributed by atoms with E-state index in [-0.39, 0.29) is 11.7 Å². The molecular formula is C25H31FN4O2S. The van der Waals surface area contributed by atoms with Crippen molar-refractivity contribution in [2.24, 2.45) is 0 Å². The Morgan fingerprint density at radius 1 is 1.24 bits per heavy atom. The average Bonchev–Trinajstić information content (AvgIpc) is 3.17.